The Labute approximate surface area is 143 Å². The number of rotatable bonds is 4. The van der Waals surface area contributed by atoms with E-state index in [1.165, 1.54) is 11.8 Å². The Balaban J connectivity index is 1.87. The maximum absolute atomic E-state index is 12.0. The van der Waals surface area contributed by atoms with Crippen LogP contribution in [-0.4, -0.2) is 5.91 Å². The lowest BCUT2D eigenvalue weighted by Crippen LogP contribution is -2.30. The number of benzene rings is 1. The van der Waals surface area contributed by atoms with Gasteiger partial charge in [0.1, 0.15) is 5.76 Å². The number of nitriles is 1. The van der Waals surface area contributed by atoms with Crippen molar-refractivity contribution >= 4 is 29.3 Å². The molecular weight excluding hydrogens is 332 g/mol. The number of carbonyl (C=O) groups excluding carboxylic acids is 1. The molecule has 1 aromatic heterocycles. The fourth-order valence-corrected chi connectivity index (χ4v) is 3.79. The van der Waals surface area contributed by atoms with E-state index >= 15 is 0 Å². The number of hydrogen-bond donors (Lipinski definition) is 1. The van der Waals surface area contributed by atoms with Gasteiger partial charge < -0.3 is 9.73 Å². The third-order valence-corrected chi connectivity index (χ3v) is 5.01. The molecule has 1 amide bonds. The zero-order valence-corrected chi connectivity index (χ0v) is 13.7. The lowest BCUT2D eigenvalue weighted by atomic mass is 9.92. The first-order chi connectivity index (χ1) is 11.2. The highest BCUT2D eigenvalue weighted by Gasteiger charge is 2.31. The Hall–Kier alpha value is -2.16. The van der Waals surface area contributed by atoms with E-state index in [1.54, 1.807) is 18.4 Å². The minimum Gasteiger partial charge on any atom is -0.469 e. The van der Waals surface area contributed by atoms with Crippen LogP contribution in [0.4, 0.5) is 0 Å². The molecule has 0 fully saturated rings. The summed E-state index contributed by atoms with van der Waals surface area (Å²) in [6, 6.07) is 13.3. The summed E-state index contributed by atoms with van der Waals surface area (Å²) in [7, 11) is 0. The summed E-state index contributed by atoms with van der Waals surface area (Å²) in [6.07, 6.45) is 1.76. The quantitative estimate of drug-likeness (QED) is 0.902. The highest BCUT2D eigenvalue weighted by atomic mass is 35.5. The third kappa shape index (κ3) is 3.44. The van der Waals surface area contributed by atoms with Gasteiger partial charge in [-0.15, -0.1) is 11.8 Å². The monoisotopic (exact) mass is 344 g/mol. The molecule has 0 saturated heterocycles. The summed E-state index contributed by atoms with van der Waals surface area (Å²) in [5.41, 5.74) is 1.48. The molecule has 1 N–H and O–H groups in total. The molecule has 0 aliphatic carbocycles. The van der Waals surface area contributed by atoms with E-state index in [0.29, 0.717) is 27.1 Å². The van der Waals surface area contributed by atoms with E-state index in [4.69, 9.17) is 16.0 Å². The second kappa shape index (κ2) is 6.95. The summed E-state index contributed by atoms with van der Waals surface area (Å²) in [4.78, 5) is 12.0. The molecule has 0 radical (unpaired) electrons. The average molecular weight is 345 g/mol. The number of halogens is 1. The van der Waals surface area contributed by atoms with Gasteiger partial charge in [-0.05, 0) is 23.8 Å². The van der Waals surface area contributed by atoms with E-state index in [0.717, 1.165) is 5.56 Å². The molecule has 2 aromatic rings. The van der Waals surface area contributed by atoms with Crippen molar-refractivity contribution in [2.24, 2.45) is 0 Å². The molecule has 1 aliphatic heterocycles. The Morgan fingerprint density at radius 2 is 2.17 bits per heavy atom. The molecule has 6 heteroatoms. The molecule has 0 spiro atoms. The minimum atomic E-state index is -0.336. The van der Waals surface area contributed by atoms with Crippen molar-refractivity contribution in [3.05, 3.63) is 69.6 Å². The lowest BCUT2D eigenvalue weighted by molar-refractivity contribution is -0.120. The molecule has 3 rings (SSSR count). The van der Waals surface area contributed by atoms with Crippen LogP contribution in [0.3, 0.4) is 0 Å². The highest BCUT2D eigenvalue weighted by Crippen LogP contribution is 2.37. The van der Waals surface area contributed by atoms with Crippen LogP contribution in [-0.2, 0) is 10.5 Å². The smallest absolute Gasteiger partial charge is 0.225 e. The van der Waals surface area contributed by atoms with Gasteiger partial charge in [0.2, 0.25) is 5.91 Å². The minimum absolute atomic E-state index is 0.118. The number of carbonyl (C=O) groups is 1. The molecule has 0 bridgehead atoms. The average Bonchev–Trinajstić information content (AvgIpc) is 3.08. The van der Waals surface area contributed by atoms with Crippen molar-refractivity contribution in [2.45, 2.75) is 18.1 Å². The van der Waals surface area contributed by atoms with Gasteiger partial charge in [-0.3, -0.25) is 4.79 Å². The van der Waals surface area contributed by atoms with E-state index in [-0.39, 0.29) is 18.2 Å². The van der Waals surface area contributed by atoms with Crippen LogP contribution in [0.15, 0.2) is 57.7 Å². The molecule has 2 heterocycles. The molecule has 1 aromatic carbocycles. The first-order valence-corrected chi connectivity index (χ1v) is 8.39. The Morgan fingerprint density at radius 3 is 2.87 bits per heavy atom. The second-order valence-electron chi connectivity index (χ2n) is 5.05. The van der Waals surface area contributed by atoms with Crippen LogP contribution >= 0.6 is 23.4 Å². The first-order valence-electron chi connectivity index (χ1n) is 7.02. The zero-order valence-electron chi connectivity index (χ0n) is 12.1. The standard InChI is InChI=1S/C17H13ClN2O2S/c18-14-5-2-1-4-11(14)10-23-17-13(9-19)12(8-16(21)20-17)15-6-3-7-22-15/h1-7,12H,8,10H2,(H,20,21)/t12-/m1/s1. The van der Waals surface area contributed by atoms with Gasteiger partial charge in [-0.1, -0.05) is 29.8 Å². The molecule has 4 nitrogen and oxygen atoms in total. The number of allylic oxidation sites excluding steroid dienone is 1. The van der Waals surface area contributed by atoms with E-state index in [2.05, 4.69) is 11.4 Å². The van der Waals surface area contributed by atoms with Crippen LogP contribution in [0.5, 0.6) is 0 Å². The fraction of sp³-hybridized carbons (Fsp3) is 0.176. The predicted octanol–water partition coefficient (Wildman–Crippen LogP) is 4.21. The van der Waals surface area contributed by atoms with Gasteiger partial charge in [-0.2, -0.15) is 5.26 Å². The Morgan fingerprint density at radius 1 is 1.35 bits per heavy atom. The van der Waals surface area contributed by atoms with Crippen LogP contribution in [0.25, 0.3) is 0 Å². The first kappa shape index (κ1) is 15.7. The molecule has 23 heavy (non-hydrogen) atoms. The summed E-state index contributed by atoms with van der Waals surface area (Å²) in [6.45, 7) is 0. The normalized spacial score (nSPS) is 17.7. The fourth-order valence-electron chi connectivity index (χ4n) is 2.43. The molecule has 1 atom stereocenters. The van der Waals surface area contributed by atoms with Crippen LogP contribution in [0, 0.1) is 11.3 Å². The largest absolute Gasteiger partial charge is 0.469 e. The number of amides is 1. The van der Waals surface area contributed by atoms with E-state index in [9.17, 15) is 10.1 Å². The lowest BCUT2D eigenvalue weighted by Gasteiger charge is -2.23. The Bertz CT molecular complexity index is 793. The summed E-state index contributed by atoms with van der Waals surface area (Å²) in [5, 5.41) is 13.6. The van der Waals surface area contributed by atoms with E-state index < -0.39 is 0 Å². The van der Waals surface area contributed by atoms with Gasteiger partial charge in [0, 0.05) is 17.2 Å². The van der Waals surface area contributed by atoms with Gasteiger partial charge >= 0.3 is 0 Å². The van der Waals surface area contributed by atoms with Crippen molar-refractivity contribution in [3.63, 3.8) is 0 Å². The number of nitrogens with one attached hydrogen (secondary N) is 1. The van der Waals surface area contributed by atoms with E-state index in [1.807, 2.05) is 24.3 Å². The molecule has 1 aliphatic rings. The van der Waals surface area contributed by atoms with Gasteiger partial charge in [-0.25, -0.2) is 0 Å². The van der Waals surface area contributed by atoms with Crippen LogP contribution < -0.4 is 5.32 Å². The maximum Gasteiger partial charge on any atom is 0.225 e. The molecule has 0 unspecified atom stereocenters. The molecular formula is C17H13ClN2O2S. The summed E-state index contributed by atoms with van der Waals surface area (Å²) >= 11 is 7.56. The van der Waals surface area contributed by atoms with Crippen molar-refractivity contribution in [3.8, 4) is 6.07 Å². The highest BCUT2D eigenvalue weighted by molar-refractivity contribution is 8.02. The second-order valence-corrected chi connectivity index (χ2v) is 6.45. The number of thioether (sulfide) groups is 1. The number of nitrogens with zero attached hydrogens (tertiary/aromatic N) is 1. The van der Waals surface area contributed by atoms with Crippen LogP contribution in [0.1, 0.15) is 23.7 Å². The van der Waals surface area contributed by atoms with Gasteiger partial charge in [0.15, 0.2) is 0 Å². The molecule has 116 valence electrons. The number of hydrogen-bond acceptors (Lipinski definition) is 4. The Kier molecular flexibility index (Phi) is 4.75. The van der Waals surface area contributed by atoms with Crippen LogP contribution in [0.2, 0.25) is 5.02 Å². The number of furan rings is 1. The van der Waals surface area contributed by atoms with Gasteiger partial charge in [0.05, 0.1) is 28.9 Å². The van der Waals surface area contributed by atoms with Crippen molar-refractivity contribution in [1.82, 2.24) is 5.32 Å². The van der Waals surface area contributed by atoms with Crippen molar-refractivity contribution in [2.75, 3.05) is 0 Å². The maximum atomic E-state index is 12.0. The topological polar surface area (TPSA) is 66.0 Å². The SMILES string of the molecule is N#CC1=C(SCc2ccccc2Cl)NC(=O)C[C@H]1c1ccco1. The summed E-state index contributed by atoms with van der Waals surface area (Å²) in [5.74, 6) is 0.752. The van der Waals surface area contributed by atoms with Crippen molar-refractivity contribution < 1.29 is 9.21 Å². The summed E-state index contributed by atoms with van der Waals surface area (Å²) < 4.78 is 5.39. The van der Waals surface area contributed by atoms with Crippen molar-refractivity contribution in [1.29, 1.82) is 5.26 Å². The predicted molar refractivity (Wildman–Crippen MR) is 89.6 cm³/mol. The zero-order chi connectivity index (χ0) is 16.2. The molecule has 0 saturated carbocycles. The van der Waals surface area contributed by atoms with Gasteiger partial charge in [0.25, 0.3) is 0 Å². The third-order valence-electron chi connectivity index (χ3n) is 3.57.